The minimum Gasteiger partial charge on any atom is -0.455 e. The molecule has 2 aliphatic rings. The van der Waals surface area contributed by atoms with Gasteiger partial charge in [0.25, 0.3) is 5.91 Å². The van der Waals surface area contributed by atoms with Crippen LogP contribution in [0.5, 0.6) is 0 Å². The first-order valence-corrected chi connectivity index (χ1v) is 6.84. The van der Waals surface area contributed by atoms with Crippen LogP contribution in [-0.4, -0.2) is 30.8 Å². The lowest BCUT2D eigenvalue weighted by Gasteiger charge is -2.09. The van der Waals surface area contributed by atoms with Crippen molar-refractivity contribution in [2.24, 2.45) is 0 Å². The highest BCUT2D eigenvalue weighted by Gasteiger charge is 2.29. The van der Waals surface area contributed by atoms with E-state index in [0.29, 0.717) is 29.1 Å². The molecule has 0 saturated carbocycles. The van der Waals surface area contributed by atoms with E-state index in [2.05, 4.69) is 10.6 Å². The molecular formula is C14H19ClN2O3. The number of hydrogen-bond acceptors (Lipinski definition) is 4. The SMILES string of the molecule is Cc1c(C(=O)NC2CCNC2)oc2c1C(=O)CCC2.Cl. The molecule has 20 heavy (non-hydrogen) atoms. The number of halogens is 1. The van der Waals surface area contributed by atoms with Gasteiger partial charge in [-0.1, -0.05) is 0 Å². The van der Waals surface area contributed by atoms with E-state index in [0.717, 1.165) is 32.4 Å². The minimum atomic E-state index is -0.201. The first kappa shape index (κ1) is 15.1. The number of rotatable bonds is 2. The van der Waals surface area contributed by atoms with Crippen LogP contribution in [0.25, 0.3) is 0 Å². The number of nitrogens with one attached hydrogen (secondary N) is 2. The molecule has 0 aromatic carbocycles. The molecule has 2 N–H and O–H groups in total. The number of hydrogen-bond donors (Lipinski definition) is 2. The van der Waals surface area contributed by atoms with Crippen LogP contribution in [0.15, 0.2) is 4.42 Å². The number of carbonyl (C=O) groups is 2. The molecule has 1 amide bonds. The summed E-state index contributed by atoms with van der Waals surface area (Å²) in [5.41, 5.74) is 1.34. The van der Waals surface area contributed by atoms with Crippen LogP contribution in [0.4, 0.5) is 0 Å². The van der Waals surface area contributed by atoms with Gasteiger partial charge in [-0.25, -0.2) is 0 Å². The zero-order chi connectivity index (χ0) is 13.4. The molecule has 0 spiro atoms. The third kappa shape index (κ3) is 2.60. The molecule has 2 heterocycles. The van der Waals surface area contributed by atoms with Crippen molar-refractivity contribution in [2.75, 3.05) is 13.1 Å². The zero-order valence-electron chi connectivity index (χ0n) is 11.5. The number of fused-ring (bicyclic) bond motifs is 1. The summed E-state index contributed by atoms with van der Waals surface area (Å²) >= 11 is 0. The van der Waals surface area contributed by atoms with E-state index < -0.39 is 0 Å². The highest BCUT2D eigenvalue weighted by Crippen LogP contribution is 2.29. The van der Waals surface area contributed by atoms with Crippen LogP contribution in [0.3, 0.4) is 0 Å². The number of ketones is 1. The molecule has 0 radical (unpaired) electrons. The largest absolute Gasteiger partial charge is 0.455 e. The second kappa shape index (κ2) is 5.97. The number of Topliss-reactive ketones (excluding diaryl/α,β-unsaturated/α-hetero) is 1. The Bertz CT molecular complexity index is 533. The fraction of sp³-hybridized carbons (Fsp3) is 0.571. The maximum absolute atomic E-state index is 12.2. The lowest BCUT2D eigenvalue weighted by Crippen LogP contribution is -2.36. The summed E-state index contributed by atoms with van der Waals surface area (Å²) in [6, 6.07) is 0.157. The van der Waals surface area contributed by atoms with Gasteiger partial charge in [-0.2, -0.15) is 0 Å². The highest BCUT2D eigenvalue weighted by molar-refractivity contribution is 6.03. The number of amides is 1. The molecule has 1 unspecified atom stereocenters. The van der Waals surface area contributed by atoms with Crippen molar-refractivity contribution in [1.29, 1.82) is 0 Å². The smallest absolute Gasteiger partial charge is 0.287 e. The van der Waals surface area contributed by atoms with Crippen molar-refractivity contribution in [3.8, 4) is 0 Å². The molecule has 1 atom stereocenters. The van der Waals surface area contributed by atoms with Gasteiger partial charge in [0.05, 0.1) is 5.56 Å². The van der Waals surface area contributed by atoms with Crippen LogP contribution in [0, 0.1) is 6.92 Å². The quantitative estimate of drug-likeness (QED) is 0.870. The Morgan fingerprint density at radius 1 is 1.40 bits per heavy atom. The summed E-state index contributed by atoms with van der Waals surface area (Å²) in [6.07, 6.45) is 3.05. The number of furan rings is 1. The number of aryl methyl sites for hydroxylation is 1. The third-order valence-corrected chi connectivity index (χ3v) is 3.91. The molecule has 5 nitrogen and oxygen atoms in total. The van der Waals surface area contributed by atoms with E-state index in [4.69, 9.17) is 4.42 Å². The Balaban J connectivity index is 0.00000147. The van der Waals surface area contributed by atoms with Crippen molar-refractivity contribution in [2.45, 2.75) is 38.6 Å². The van der Waals surface area contributed by atoms with E-state index in [1.807, 2.05) is 0 Å². The molecule has 0 bridgehead atoms. The van der Waals surface area contributed by atoms with E-state index >= 15 is 0 Å². The van der Waals surface area contributed by atoms with Gasteiger partial charge in [-0.3, -0.25) is 9.59 Å². The van der Waals surface area contributed by atoms with Gasteiger partial charge in [-0.15, -0.1) is 12.4 Å². The minimum absolute atomic E-state index is 0. The van der Waals surface area contributed by atoms with Crippen LogP contribution in [-0.2, 0) is 6.42 Å². The summed E-state index contributed by atoms with van der Waals surface area (Å²) in [5, 5.41) is 6.15. The molecular weight excluding hydrogens is 280 g/mol. The summed E-state index contributed by atoms with van der Waals surface area (Å²) in [6.45, 7) is 3.52. The summed E-state index contributed by atoms with van der Waals surface area (Å²) in [5.74, 6) is 0.896. The predicted molar refractivity (Wildman–Crippen MR) is 76.7 cm³/mol. The Kier molecular flexibility index (Phi) is 4.50. The predicted octanol–water partition coefficient (Wildman–Crippen LogP) is 1.62. The standard InChI is InChI=1S/C14H18N2O3.ClH/c1-8-12-10(17)3-2-4-11(12)19-13(8)14(18)16-9-5-6-15-7-9;/h9,15H,2-7H2,1H3,(H,16,18);1H. The van der Waals surface area contributed by atoms with Gasteiger partial charge in [0, 0.05) is 31.0 Å². The van der Waals surface area contributed by atoms with Crippen molar-refractivity contribution < 1.29 is 14.0 Å². The van der Waals surface area contributed by atoms with Crippen molar-refractivity contribution >= 4 is 24.1 Å². The van der Waals surface area contributed by atoms with Gasteiger partial charge >= 0.3 is 0 Å². The fourth-order valence-corrected chi connectivity index (χ4v) is 2.89. The second-order valence-corrected chi connectivity index (χ2v) is 5.29. The Morgan fingerprint density at radius 2 is 2.20 bits per heavy atom. The molecule has 3 rings (SSSR count). The Morgan fingerprint density at radius 3 is 2.85 bits per heavy atom. The Hall–Kier alpha value is -1.33. The van der Waals surface area contributed by atoms with Crippen LogP contribution >= 0.6 is 12.4 Å². The van der Waals surface area contributed by atoms with Gasteiger partial charge < -0.3 is 15.1 Å². The van der Waals surface area contributed by atoms with E-state index in [1.54, 1.807) is 6.92 Å². The van der Waals surface area contributed by atoms with Crippen molar-refractivity contribution in [3.63, 3.8) is 0 Å². The maximum atomic E-state index is 12.2. The van der Waals surface area contributed by atoms with E-state index in [9.17, 15) is 9.59 Å². The fourth-order valence-electron chi connectivity index (χ4n) is 2.89. The average Bonchev–Trinajstić information content (AvgIpc) is 2.98. The summed E-state index contributed by atoms with van der Waals surface area (Å²) in [7, 11) is 0. The molecule has 1 saturated heterocycles. The first-order valence-electron chi connectivity index (χ1n) is 6.84. The van der Waals surface area contributed by atoms with Gasteiger partial charge in [0.15, 0.2) is 11.5 Å². The molecule has 1 aromatic rings. The van der Waals surface area contributed by atoms with Crippen molar-refractivity contribution in [1.82, 2.24) is 10.6 Å². The molecule has 6 heteroatoms. The summed E-state index contributed by atoms with van der Waals surface area (Å²) in [4.78, 5) is 24.1. The van der Waals surface area contributed by atoms with Gasteiger partial charge in [0.2, 0.25) is 0 Å². The van der Waals surface area contributed by atoms with Crippen LogP contribution in [0.2, 0.25) is 0 Å². The first-order chi connectivity index (χ1) is 9.16. The monoisotopic (exact) mass is 298 g/mol. The topological polar surface area (TPSA) is 71.3 Å². The van der Waals surface area contributed by atoms with Crippen LogP contribution < -0.4 is 10.6 Å². The lowest BCUT2D eigenvalue weighted by atomic mass is 9.94. The molecule has 1 aliphatic heterocycles. The lowest BCUT2D eigenvalue weighted by molar-refractivity contribution is 0.0906. The Labute approximate surface area is 123 Å². The van der Waals surface area contributed by atoms with E-state index in [-0.39, 0.29) is 30.1 Å². The zero-order valence-corrected chi connectivity index (χ0v) is 12.3. The molecule has 110 valence electrons. The third-order valence-electron chi connectivity index (χ3n) is 3.91. The molecule has 1 aromatic heterocycles. The average molecular weight is 299 g/mol. The van der Waals surface area contributed by atoms with Crippen LogP contribution in [0.1, 0.15) is 51.5 Å². The van der Waals surface area contributed by atoms with Gasteiger partial charge in [-0.05, 0) is 26.3 Å². The second-order valence-electron chi connectivity index (χ2n) is 5.29. The normalized spacial score (nSPS) is 21.2. The maximum Gasteiger partial charge on any atom is 0.287 e. The number of carbonyl (C=O) groups excluding carboxylic acids is 2. The molecule has 1 fully saturated rings. The highest BCUT2D eigenvalue weighted by atomic mass is 35.5. The van der Waals surface area contributed by atoms with Crippen molar-refractivity contribution in [3.05, 3.63) is 22.6 Å². The van der Waals surface area contributed by atoms with E-state index in [1.165, 1.54) is 0 Å². The van der Waals surface area contributed by atoms with Gasteiger partial charge in [0.1, 0.15) is 5.76 Å². The molecule has 1 aliphatic carbocycles. The summed E-state index contributed by atoms with van der Waals surface area (Å²) < 4.78 is 5.63.